The molecule has 1 N–H and O–H groups in total. The standard InChI is InChI=1S/C15H16ClNO4/c1-3-17(8-7-12(18)19)15(20)13-9(2)10-5-4-6-11(16)14(10)21-13/h4-6H,3,7-8H2,1-2H3,(H,18,19). The second-order valence-electron chi connectivity index (χ2n) is 4.70. The highest BCUT2D eigenvalue weighted by Gasteiger charge is 2.23. The highest BCUT2D eigenvalue weighted by atomic mass is 35.5. The van der Waals surface area contributed by atoms with E-state index >= 15 is 0 Å². The van der Waals surface area contributed by atoms with Crippen LogP contribution in [0.15, 0.2) is 22.6 Å². The van der Waals surface area contributed by atoms with Crippen LogP contribution in [0.5, 0.6) is 0 Å². The molecule has 112 valence electrons. The van der Waals surface area contributed by atoms with Crippen molar-refractivity contribution in [2.24, 2.45) is 0 Å². The summed E-state index contributed by atoms with van der Waals surface area (Å²) in [5, 5.41) is 9.98. The molecule has 0 spiro atoms. The van der Waals surface area contributed by atoms with Gasteiger partial charge in [-0.2, -0.15) is 0 Å². The second kappa shape index (κ2) is 6.18. The third kappa shape index (κ3) is 3.03. The van der Waals surface area contributed by atoms with Gasteiger partial charge < -0.3 is 14.4 Å². The van der Waals surface area contributed by atoms with Crippen molar-refractivity contribution in [3.63, 3.8) is 0 Å². The number of aryl methyl sites for hydroxylation is 1. The Morgan fingerprint density at radius 2 is 2.10 bits per heavy atom. The molecule has 0 unspecified atom stereocenters. The highest BCUT2D eigenvalue weighted by Crippen LogP contribution is 2.31. The van der Waals surface area contributed by atoms with E-state index < -0.39 is 5.97 Å². The Bertz CT molecular complexity index is 692. The van der Waals surface area contributed by atoms with Crippen molar-refractivity contribution in [2.75, 3.05) is 13.1 Å². The maximum absolute atomic E-state index is 12.5. The Balaban J connectivity index is 2.36. The van der Waals surface area contributed by atoms with Crippen LogP contribution < -0.4 is 0 Å². The number of rotatable bonds is 5. The summed E-state index contributed by atoms with van der Waals surface area (Å²) >= 11 is 6.07. The Morgan fingerprint density at radius 3 is 2.67 bits per heavy atom. The second-order valence-corrected chi connectivity index (χ2v) is 5.11. The Labute approximate surface area is 127 Å². The molecule has 0 fully saturated rings. The molecular formula is C15H16ClNO4. The van der Waals surface area contributed by atoms with E-state index in [4.69, 9.17) is 21.1 Å². The number of carboxylic acid groups (broad SMARTS) is 1. The van der Waals surface area contributed by atoms with Gasteiger partial charge in [-0.15, -0.1) is 0 Å². The van der Waals surface area contributed by atoms with E-state index in [0.29, 0.717) is 22.7 Å². The zero-order valence-corrected chi connectivity index (χ0v) is 12.6. The largest absolute Gasteiger partial charge is 0.481 e. The van der Waals surface area contributed by atoms with E-state index in [1.807, 2.05) is 6.07 Å². The fraction of sp³-hybridized carbons (Fsp3) is 0.333. The van der Waals surface area contributed by atoms with Gasteiger partial charge in [-0.05, 0) is 19.9 Å². The van der Waals surface area contributed by atoms with Gasteiger partial charge in [0.2, 0.25) is 0 Å². The molecule has 0 radical (unpaired) electrons. The minimum Gasteiger partial charge on any atom is -0.481 e. The van der Waals surface area contributed by atoms with Crippen LogP contribution in [0.2, 0.25) is 5.02 Å². The summed E-state index contributed by atoms with van der Waals surface area (Å²) < 4.78 is 5.61. The van der Waals surface area contributed by atoms with Crippen molar-refractivity contribution in [1.29, 1.82) is 0 Å². The first-order valence-electron chi connectivity index (χ1n) is 6.64. The lowest BCUT2D eigenvalue weighted by Crippen LogP contribution is -2.32. The molecule has 5 nitrogen and oxygen atoms in total. The smallest absolute Gasteiger partial charge is 0.305 e. The normalized spacial score (nSPS) is 10.8. The van der Waals surface area contributed by atoms with Crippen molar-refractivity contribution >= 4 is 34.4 Å². The summed E-state index contributed by atoms with van der Waals surface area (Å²) in [5.41, 5.74) is 1.19. The van der Waals surface area contributed by atoms with Gasteiger partial charge >= 0.3 is 5.97 Å². The number of hydrogen-bond donors (Lipinski definition) is 1. The summed E-state index contributed by atoms with van der Waals surface area (Å²) in [5.74, 6) is -1.04. The SMILES string of the molecule is CCN(CCC(=O)O)C(=O)c1oc2c(Cl)cccc2c1C. The van der Waals surface area contributed by atoms with Crippen LogP contribution in [0.3, 0.4) is 0 Å². The Kier molecular flexibility index (Phi) is 4.53. The third-order valence-corrected chi connectivity index (χ3v) is 3.67. The predicted molar refractivity (Wildman–Crippen MR) is 79.8 cm³/mol. The number of carbonyl (C=O) groups excluding carboxylic acids is 1. The number of amides is 1. The zero-order valence-electron chi connectivity index (χ0n) is 11.9. The van der Waals surface area contributed by atoms with Crippen molar-refractivity contribution in [3.8, 4) is 0 Å². The summed E-state index contributed by atoms with van der Waals surface area (Å²) in [7, 11) is 0. The number of nitrogens with zero attached hydrogens (tertiary/aromatic N) is 1. The molecular weight excluding hydrogens is 294 g/mol. The van der Waals surface area contributed by atoms with Crippen LogP contribution in [0, 0.1) is 6.92 Å². The molecule has 0 aliphatic carbocycles. The first kappa shape index (κ1) is 15.4. The van der Waals surface area contributed by atoms with E-state index in [9.17, 15) is 9.59 Å². The molecule has 0 saturated carbocycles. The summed E-state index contributed by atoms with van der Waals surface area (Å²) in [6, 6.07) is 5.33. The molecule has 21 heavy (non-hydrogen) atoms. The number of carbonyl (C=O) groups is 2. The van der Waals surface area contributed by atoms with Gasteiger partial charge in [0.1, 0.15) is 0 Å². The van der Waals surface area contributed by atoms with Crippen molar-refractivity contribution in [2.45, 2.75) is 20.3 Å². The van der Waals surface area contributed by atoms with Crippen molar-refractivity contribution in [1.82, 2.24) is 4.90 Å². The maximum atomic E-state index is 12.5. The average Bonchev–Trinajstić information content (AvgIpc) is 2.78. The lowest BCUT2D eigenvalue weighted by Gasteiger charge is -2.18. The molecule has 1 aromatic carbocycles. The topological polar surface area (TPSA) is 70.8 Å². The van der Waals surface area contributed by atoms with Crippen LogP contribution in [-0.4, -0.2) is 35.0 Å². The minimum absolute atomic E-state index is 0.0976. The molecule has 6 heteroatoms. The molecule has 0 bridgehead atoms. The van der Waals surface area contributed by atoms with Gasteiger partial charge in [0.25, 0.3) is 5.91 Å². The molecule has 0 aliphatic heterocycles. The maximum Gasteiger partial charge on any atom is 0.305 e. The molecule has 0 aliphatic rings. The van der Waals surface area contributed by atoms with Gasteiger partial charge in [0.05, 0.1) is 11.4 Å². The van der Waals surface area contributed by atoms with Crippen LogP contribution in [-0.2, 0) is 4.79 Å². The molecule has 2 rings (SSSR count). The van der Waals surface area contributed by atoms with Crippen LogP contribution in [0.4, 0.5) is 0 Å². The van der Waals surface area contributed by atoms with E-state index in [2.05, 4.69) is 0 Å². The monoisotopic (exact) mass is 309 g/mol. The number of furan rings is 1. The van der Waals surface area contributed by atoms with E-state index in [0.717, 1.165) is 5.39 Å². The summed E-state index contributed by atoms with van der Waals surface area (Å²) in [6.45, 7) is 4.15. The van der Waals surface area contributed by atoms with Gasteiger partial charge in [0.15, 0.2) is 11.3 Å². The van der Waals surface area contributed by atoms with Gasteiger partial charge in [-0.1, -0.05) is 23.7 Å². The summed E-state index contributed by atoms with van der Waals surface area (Å²) in [6.07, 6.45) is -0.0976. The van der Waals surface area contributed by atoms with Gasteiger partial charge in [0, 0.05) is 24.0 Å². The minimum atomic E-state index is -0.939. The van der Waals surface area contributed by atoms with Crippen molar-refractivity contribution < 1.29 is 19.1 Å². The van der Waals surface area contributed by atoms with Crippen molar-refractivity contribution in [3.05, 3.63) is 34.5 Å². The van der Waals surface area contributed by atoms with Crippen LogP contribution >= 0.6 is 11.6 Å². The number of hydrogen-bond acceptors (Lipinski definition) is 3. The Hall–Kier alpha value is -2.01. The Morgan fingerprint density at radius 1 is 1.38 bits per heavy atom. The van der Waals surface area contributed by atoms with E-state index in [1.54, 1.807) is 26.0 Å². The molecule has 1 heterocycles. The first-order valence-corrected chi connectivity index (χ1v) is 7.02. The number of benzene rings is 1. The van der Waals surface area contributed by atoms with E-state index in [-0.39, 0.29) is 24.6 Å². The predicted octanol–water partition coefficient (Wildman–Crippen LogP) is 3.33. The average molecular weight is 310 g/mol. The molecule has 0 atom stereocenters. The van der Waals surface area contributed by atoms with Gasteiger partial charge in [-0.25, -0.2) is 0 Å². The zero-order chi connectivity index (χ0) is 15.6. The molecule has 2 aromatic rings. The quantitative estimate of drug-likeness (QED) is 0.919. The molecule has 0 saturated heterocycles. The fourth-order valence-electron chi connectivity index (χ4n) is 2.19. The molecule has 1 amide bonds. The highest BCUT2D eigenvalue weighted by molar-refractivity contribution is 6.35. The lowest BCUT2D eigenvalue weighted by atomic mass is 10.1. The fourth-order valence-corrected chi connectivity index (χ4v) is 2.40. The van der Waals surface area contributed by atoms with Crippen LogP contribution in [0.25, 0.3) is 11.0 Å². The van der Waals surface area contributed by atoms with Crippen LogP contribution in [0.1, 0.15) is 29.5 Å². The lowest BCUT2D eigenvalue weighted by molar-refractivity contribution is -0.137. The summed E-state index contributed by atoms with van der Waals surface area (Å²) in [4.78, 5) is 24.6. The number of carboxylic acids is 1. The number of fused-ring (bicyclic) bond motifs is 1. The number of aliphatic carboxylic acids is 1. The van der Waals surface area contributed by atoms with Gasteiger partial charge in [-0.3, -0.25) is 9.59 Å². The molecule has 1 aromatic heterocycles. The first-order chi connectivity index (χ1) is 9.95. The number of para-hydroxylation sites is 1. The van der Waals surface area contributed by atoms with E-state index in [1.165, 1.54) is 4.90 Å². The number of halogens is 1. The third-order valence-electron chi connectivity index (χ3n) is 3.37.